The van der Waals surface area contributed by atoms with Gasteiger partial charge >= 0.3 is 6.09 Å². The number of pyridine rings is 1. The number of aromatic nitrogens is 1. The minimum atomic E-state index is -0.516. The Morgan fingerprint density at radius 2 is 2.22 bits per heavy atom. The van der Waals surface area contributed by atoms with Crippen molar-refractivity contribution in [1.29, 1.82) is 0 Å². The maximum atomic E-state index is 12.1. The molecule has 0 unspecified atom stereocenters. The number of likely N-dealkylation sites (tertiary alicyclic amines) is 1. The van der Waals surface area contributed by atoms with Gasteiger partial charge in [0.2, 0.25) is 0 Å². The highest BCUT2D eigenvalue weighted by Gasteiger charge is 2.27. The van der Waals surface area contributed by atoms with Crippen molar-refractivity contribution in [3.05, 3.63) is 28.4 Å². The molecule has 1 N–H and O–H groups in total. The van der Waals surface area contributed by atoms with E-state index < -0.39 is 10.5 Å². The van der Waals surface area contributed by atoms with Crippen molar-refractivity contribution < 1.29 is 14.5 Å². The quantitative estimate of drug-likeness (QED) is 0.679. The number of amides is 1. The normalized spacial score (nSPS) is 18.4. The summed E-state index contributed by atoms with van der Waals surface area (Å²) in [5.41, 5.74) is -0.563. The molecule has 0 saturated carbocycles. The van der Waals surface area contributed by atoms with Gasteiger partial charge in [0.05, 0.1) is 4.92 Å². The number of nitro groups is 1. The zero-order valence-electron chi connectivity index (χ0n) is 13.6. The predicted molar refractivity (Wildman–Crippen MR) is 85.3 cm³/mol. The van der Waals surface area contributed by atoms with Crippen molar-refractivity contribution >= 4 is 17.6 Å². The van der Waals surface area contributed by atoms with E-state index in [2.05, 4.69) is 10.3 Å². The summed E-state index contributed by atoms with van der Waals surface area (Å²) in [6.07, 6.45) is 2.67. The lowest BCUT2D eigenvalue weighted by molar-refractivity contribution is -0.385. The van der Waals surface area contributed by atoms with Crippen LogP contribution in [0.15, 0.2) is 18.3 Å². The van der Waals surface area contributed by atoms with Crippen molar-refractivity contribution in [3.8, 4) is 0 Å². The van der Waals surface area contributed by atoms with Crippen LogP contribution in [0.2, 0.25) is 0 Å². The van der Waals surface area contributed by atoms with Gasteiger partial charge in [-0.05, 0) is 39.7 Å². The number of rotatable bonds is 3. The van der Waals surface area contributed by atoms with Crippen LogP contribution in [0.4, 0.5) is 16.3 Å². The molecule has 1 aliphatic heterocycles. The first-order valence-electron chi connectivity index (χ1n) is 7.59. The Labute approximate surface area is 135 Å². The van der Waals surface area contributed by atoms with E-state index >= 15 is 0 Å². The van der Waals surface area contributed by atoms with Gasteiger partial charge in [0.1, 0.15) is 17.6 Å². The molecule has 23 heavy (non-hydrogen) atoms. The second-order valence-electron chi connectivity index (χ2n) is 6.57. The molecule has 8 nitrogen and oxygen atoms in total. The second kappa shape index (κ2) is 6.80. The molecule has 0 radical (unpaired) electrons. The van der Waals surface area contributed by atoms with Gasteiger partial charge in [-0.1, -0.05) is 0 Å². The lowest BCUT2D eigenvalue weighted by Gasteiger charge is -2.34. The Morgan fingerprint density at radius 3 is 2.78 bits per heavy atom. The van der Waals surface area contributed by atoms with Crippen molar-refractivity contribution in [3.63, 3.8) is 0 Å². The zero-order valence-corrected chi connectivity index (χ0v) is 13.6. The fourth-order valence-electron chi connectivity index (χ4n) is 2.38. The standard InChI is InChI=1S/C15H22N4O4/c1-15(2,3)23-14(20)18-8-4-5-11(10-18)17-13-7-6-12(9-16-13)19(21)22/h6-7,9,11H,4-5,8,10H2,1-3H3,(H,16,17)/t11-/m1/s1. The third-order valence-corrected chi connectivity index (χ3v) is 3.38. The van der Waals surface area contributed by atoms with Crippen LogP contribution in [0.3, 0.4) is 0 Å². The molecule has 1 atom stereocenters. The van der Waals surface area contributed by atoms with Crippen LogP contribution in [0.1, 0.15) is 33.6 Å². The average Bonchev–Trinajstić information content (AvgIpc) is 2.46. The summed E-state index contributed by atoms with van der Waals surface area (Å²) in [5.74, 6) is 0.562. The van der Waals surface area contributed by atoms with Gasteiger partial charge in [-0.3, -0.25) is 10.1 Å². The van der Waals surface area contributed by atoms with Gasteiger partial charge in [-0.2, -0.15) is 0 Å². The largest absolute Gasteiger partial charge is 0.444 e. The Morgan fingerprint density at radius 1 is 1.48 bits per heavy atom. The lowest BCUT2D eigenvalue weighted by Crippen LogP contribution is -2.47. The lowest BCUT2D eigenvalue weighted by atomic mass is 10.1. The van der Waals surface area contributed by atoms with Crippen LogP contribution in [-0.2, 0) is 4.74 Å². The molecule has 1 amide bonds. The molecule has 2 heterocycles. The maximum absolute atomic E-state index is 12.1. The number of anilines is 1. The monoisotopic (exact) mass is 322 g/mol. The van der Waals surface area contributed by atoms with Gasteiger partial charge in [-0.25, -0.2) is 9.78 Å². The minimum absolute atomic E-state index is 0.0465. The fourth-order valence-corrected chi connectivity index (χ4v) is 2.38. The molecule has 126 valence electrons. The number of hydrogen-bond acceptors (Lipinski definition) is 6. The smallest absolute Gasteiger partial charge is 0.410 e. The van der Waals surface area contributed by atoms with Crippen LogP contribution >= 0.6 is 0 Å². The highest BCUT2D eigenvalue weighted by Crippen LogP contribution is 2.19. The minimum Gasteiger partial charge on any atom is -0.444 e. The highest BCUT2D eigenvalue weighted by atomic mass is 16.6. The summed E-state index contributed by atoms with van der Waals surface area (Å²) in [6, 6.07) is 3.03. The van der Waals surface area contributed by atoms with Crippen LogP contribution in [0, 0.1) is 10.1 Å². The summed E-state index contributed by atoms with van der Waals surface area (Å²) in [5, 5.41) is 13.8. The number of hydrogen-bond donors (Lipinski definition) is 1. The third-order valence-electron chi connectivity index (χ3n) is 3.38. The van der Waals surface area contributed by atoms with E-state index in [1.165, 1.54) is 12.3 Å². The van der Waals surface area contributed by atoms with E-state index in [-0.39, 0.29) is 17.8 Å². The number of carbonyl (C=O) groups excluding carboxylic acids is 1. The fraction of sp³-hybridized carbons (Fsp3) is 0.600. The topological polar surface area (TPSA) is 97.6 Å². The van der Waals surface area contributed by atoms with Crippen molar-refractivity contribution in [2.45, 2.75) is 45.3 Å². The molecule has 0 aromatic carbocycles. The van der Waals surface area contributed by atoms with Crippen molar-refractivity contribution in [2.24, 2.45) is 0 Å². The van der Waals surface area contributed by atoms with E-state index in [4.69, 9.17) is 4.74 Å². The molecule has 2 rings (SSSR count). The van der Waals surface area contributed by atoms with Crippen molar-refractivity contribution in [1.82, 2.24) is 9.88 Å². The molecule has 1 fully saturated rings. The first-order valence-corrected chi connectivity index (χ1v) is 7.59. The Hall–Kier alpha value is -2.38. The number of ether oxygens (including phenoxy) is 1. The average molecular weight is 322 g/mol. The van der Waals surface area contributed by atoms with Gasteiger partial charge in [0.15, 0.2) is 0 Å². The summed E-state index contributed by atoms with van der Waals surface area (Å²) >= 11 is 0. The van der Waals surface area contributed by atoms with E-state index in [1.54, 1.807) is 11.0 Å². The summed E-state index contributed by atoms with van der Waals surface area (Å²) < 4.78 is 5.39. The van der Waals surface area contributed by atoms with E-state index in [0.29, 0.717) is 18.9 Å². The summed E-state index contributed by atoms with van der Waals surface area (Å²) in [6.45, 7) is 6.70. The molecule has 0 aliphatic carbocycles. The van der Waals surface area contributed by atoms with Crippen LogP contribution in [0.25, 0.3) is 0 Å². The number of piperidine rings is 1. The third kappa shape index (κ3) is 5.08. The molecule has 1 aromatic rings. The molecule has 0 spiro atoms. The Kier molecular flexibility index (Phi) is 5.02. The highest BCUT2D eigenvalue weighted by molar-refractivity contribution is 5.68. The van der Waals surface area contributed by atoms with Gasteiger partial charge in [0.25, 0.3) is 5.69 Å². The summed E-state index contributed by atoms with van der Waals surface area (Å²) in [7, 11) is 0. The molecule has 1 aliphatic rings. The molecule has 1 saturated heterocycles. The molecular formula is C15H22N4O4. The molecular weight excluding hydrogens is 300 g/mol. The van der Waals surface area contributed by atoms with Crippen molar-refractivity contribution in [2.75, 3.05) is 18.4 Å². The van der Waals surface area contributed by atoms with E-state index in [0.717, 1.165) is 12.8 Å². The van der Waals surface area contributed by atoms with Gasteiger partial charge in [-0.15, -0.1) is 0 Å². The first-order chi connectivity index (χ1) is 10.7. The second-order valence-corrected chi connectivity index (χ2v) is 6.57. The van der Waals surface area contributed by atoms with Crippen LogP contribution < -0.4 is 5.32 Å². The van der Waals surface area contributed by atoms with E-state index in [9.17, 15) is 14.9 Å². The number of carbonyl (C=O) groups is 1. The van der Waals surface area contributed by atoms with Gasteiger partial charge in [0, 0.05) is 25.2 Å². The number of nitrogens with zero attached hydrogens (tertiary/aromatic N) is 3. The van der Waals surface area contributed by atoms with Crippen LogP contribution in [0.5, 0.6) is 0 Å². The van der Waals surface area contributed by atoms with Crippen LogP contribution in [-0.4, -0.2) is 45.6 Å². The molecule has 8 heteroatoms. The predicted octanol–water partition coefficient (Wildman–Crippen LogP) is 2.80. The molecule has 1 aromatic heterocycles. The van der Waals surface area contributed by atoms with Gasteiger partial charge < -0.3 is 15.0 Å². The zero-order chi connectivity index (χ0) is 17.0. The maximum Gasteiger partial charge on any atom is 0.410 e. The van der Waals surface area contributed by atoms with E-state index in [1.807, 2.05) is 20.8 Å². The first kappa shape index (κ1) is 17.0. The Balaban J connectivity index is 1.93. The number of nitrogens with one attached hydrogen (secondary N) is 1. The Bertz CT molecular complexity index is 568. The molecule has 0 bridgehead atoms. The SMILES string of the molecule is CC(C)(C)OC(=O)N1CCC[C@@H](Nc2ccc([N+](=O)[O-])cn2)C1. The summed E-state index contributed by atoms with van der Waals surface area (Å²) in [4.78, 5) is 28.0.